The second-order valence-electron chi connectivity index (χ2n) is 6.52. The zero-order valence-electron chi connectivity index (χ0n) is 14.5. The number of hydrogen-bond donors (Lipinski definition) is 1. The van der Waals surface area contributed by atoms with Crippen molar-refractivity contribution < 1.29 is 4.63 Å². The Balaban J connectivity index is 1.68. The minimum Gasteiger partial charge on any atom is -0.360 e. The molecule has 0 saturated carbocycles. The minimum atomic E-state index is 0.0473. The molecule has 132 valence electrons. The van der Waals surface area contributed by atoms with Crippen molar-refractivity contribution in [2.24, 2.45) is 7.05 Å². The molecule has 1 aliphatic rings. The third kappa shape index (κ3) is 3.26. The van der Waals surface area contributed by atoms with E-state index in [0.717, 1.165) is 37.3 Å². The van der Waals surface area contributed by atoms with Gasteiger partial charge in [-0.05, 0) is 30.1 Å². The van der Waals surface area contributed by atoms with Crippen molar-refractivity contribution in [1.82, 2.24) is 30.1 Å². The van der Waals surface area contributed by atoms with Crippen molar-refractivity contribution in [2.75, 3.05) is 23.3 Å². The molecule has 1 atom stereocenters. The monoisotopic (exact) mass is 342 g/mol. The number of anilines is 2. The van der Waals surface area contributed by atoms with Gasteiger partial charge in [-0.2, -0.15) is 5.10 Å². The molecule has 1 fully saturated rings. The molecule has 0 amide bonds. The van der Waals surface area contributed by atoms with Crippen LogP contribution in [-0.4, -0.2) is 43.2 Å². The molecular formula is C16H22N8O. The van der Waals surface area contributed by atoms with E-state index in [1.54, 1.807) is 4.68 Å². The maximum Gasteiger partial charge on any atom is 0.245 e. The summed E-state index contributed by atoms with van der Waals surface area (Å²) in [5.74, 6) is 1.53. The number of aryl methyl sites for hydroxylation is 1. The van der Waals surface area contributed by atoms with Gasteiger partial charge in [0.25, 0.3) is 0 Å². The molecular weight excluding hydrogens is 320 g/mol. The lowest BCUT2D eigenvalue weighted by Crippen LogP contribution is -2.27. The highest BCUT2D eigenvalue weighted by molar-refractivity contribution is 5.74. The normalized spacial score (nSPS) is 16.8. The van der Waals surface area contributed by atoms with Crippen LogP contribution in [0, 0.1) is 0 Å². The summed E-state index contributed by atoms with van der Waals surface area (Å²) >= 11 is 0. The van der Waals surface area contributed by atoms with E-state index >= 15 is 0 Å². The molecule has 4 heterocycles. The van der Waals surface area contributed by atoms with Crippen molar-refractivity contribution in [3.05, 3.63) is 18.0 Å². The Bertz CT molecular complexity index is 849. The second-order valence-corrected chi connectivity index (χ2v) is 6.52. The van der Waals surface area contributed by atoms with E-state index in [1.807, 2.05) is 19.4 Å². The molecule has 0 radical (unpaired) electrons. The quantitative estimate of drug-likeness (QED) is 0.771. The molecule has 0 bridgehead atoms. The SMILES string of the molecule is C[C@H](Nc1nc2nonc2nc1N1CCCCCC1)c1cnn(C)c1. The molecule has 1 saturated heterocycles. The van der Waals surface area contributed by atoms with Gasteiger partial charge in [-0.1, -0.05) is 12.8 Å². The Morgan fingerprint density at radius 2 is 1.80 bits per heavy atom. The van der Waals surface area contributed by atoms with Crippen LogP contribution in [0.4, 0.5) is 11.6 Å². The van der Waals surface area contributed by atoms with Crippen molar-refractivity contribution in [3.8, 4) is 0 Å². The van der Waals surface area contributed by atoms with Crippen molar-refractivity contribution >= 4 is 22.9 Å². The van der Waals surface area contributed by atoms with Crippen LogP contribution in [-0.2, 0) is 7.05 Å². The Morgan fingerprint density at radius 1 is 1.08 bits per heavy atom. The summed E-state index contributed by atoms with van der Waals surface area (Å²) in [6.07, 6.45) is 8.68. The van der Waals surface area contributed by atoms with E-state index in [9.17, 15) is 0 Å². The van der Waals surface area contributed by atoms with Crippen molar-refractivity contribution in [3.63, 3.8) is 0 Å². The lowest BCUT2D eigenvalue weighted by molar-refractivity contribution is 0.314. The Morgan fingerprint density at radius 3 is 2.48 bits per heavy atom. The van der Waals surface area contributed by atoms with E-state index in [2.05, 4.69) is 42.5 Å². The van der Waals surface area contributed by atoms with Crippen LogP contribution in [0.3, 0.4) is 0 Å². The maximum absolute atomic E-state index is 4.80. The third-order valence-corrected chi connectivity index (χ3v) is 4.58. The van der Waals surface area contributed by atoms with Crippen LogP contribution >= 0.6 is 0 Å². The molecule has 25 heavy (non-hydrogen) atoms. The van der Waals surface area contributed by atoms with E-state index in [-0.39, 0.29) is 6.04 Å². The van der Waals surface area contributed by atoms with Crippen LogP contribution in [0.25, 0.3) is 11.3 Å². The summed E-state index contributed by atoms with van der Waals surface area (Å²) in [7, 11) is 1.91. The van der Waals surface area contributed by atoms with E-state index in [0.29, 0.717) is 17.1 Å². The molecule has 0 spiro atoms. The first-order valence-corrected chi connectivity index (χ1v) is 8.71. The first kappa shape index (κ1) is 15.8. The predicted octanol–water partition coefficient (Wildman–Crippen LogP) is 2.30. The number of aromatic nitrogens is 6. The summed E-state index contributed by atoms with van der Waals surface area (Å²) in [5, 5.41) is 15.4. The minimum absolute atomic E-state index is 0.0473. The van der Waals surface area contributed by atoms with Gasteiger partial charge in [0.15, 0.2) is 11.6 Å². The molecule has 4 rings (SSSR count). The van der Waals surface area contributed by atoms with Crippen LogP contribution in [0.1, 0.15) is 44.2 Å². The largest absolute Gasteiger partial charge is 0.360 e. The van der Waals surface area contributed by atoms with Gasteiger partial charge in [0.2, 0.25) is 11.3 Å². The Labute approximate surface area is 145 Å². The number of rotatable bonds is 4. The first-order chi connectivity index (χ1) is 12.2. The van der Waals surface area contributed by atoms with Crippen LogP contribution in [0.15, 0.2) is 17.0 Å². The van der Waals surface area contributed by atoms with E-state index in [4.69, 9.17) is 4.63 Å². The number of nitrogens with zero attached hydrogens (tertiary/aromatic N) is 7. The van der Waals surface area contributed by atoms with Crippen molar-refractivity contribution in [1.29, 1.82) is 0 Å². The molecule has 9 heteroatoms. The van der Waals surface area contributed by atoms with Gasteiger partial charge in [0.1, 0.15) is 0 Å². The third-order valence-electron chi connectivity index (χ3n) is 4.58. The zero-order valence-corrected chi connectivity index (χ0v) is 14.5. The summed E-state index contributed by atoms with van der Waals surface area (Å²) in [4.78, 5) is 11.6. The molecule has 0 aliphatic carbocycles. The molecule has 1 aliphatic heterocycles. The number of nitrogens with one attached hydrogen (secondary N) is 1. The standard InChI is InChI=1S/C16H22N8O/c1-11(12-9-17-23(2)10-12)18-15-16(24-7-5-3-4-6-8-24)20-14-13(19-15)21-25-22-14/h9-11H,3-8H2,1-2H3,(H,18,19,21)/t11-/m0/s1. The molecule has 0 aromatic carbocycles. The second kappa shape index (κ2) is 6.66. The van der Waals surface area contributed by atoms with Gasteiger partial charge >= 0.3 is 0 Å². The van der Waals surface area contributed by atoms with Crippen LogP contribution in [0.5, 0.6) is 0 Å². The number of hydrogen-bond acceptors (Lipinski definition) is 8. The fourth-order valence-corrected chi connectivity index (χ4v) is 3.18. The van der Waals surface area contributed by atoms with Crippen LogP contribution in [0.2, 0.25) is 0 Å². The Kier molecular flexibility index (Phi) is 4.21. The van der Waals surface area contributed by atoms with Gasteiger partial charge in [-0.15, -0.1) is 0 Å². The first-order valence-electron chi connectivity index (χ1n) is 8.71. The molecule has 1 N–H and O–H groups in total. The summed E-state index contributed by atoms with van der Waals surface area (Å²) in [6.45, 7) is 4.03. The predicted molar refractivity (Wildman–Crippen MR) is 93.3 cm³/mol. The average molecular weight is 342 g/mol. The number of fused-ring (bicyclic) bond motifs is 1. The highest BCUT2D eigenvalue weighted by atomic mass is 16.6. The van der Waals surface area contributed by atoms with Gasteiger partial charge in [0.05, 0.1) is 12.2 Å². The highest BCUT2D eigenvalue weighted by Crippen LogP contribution is 2.29. The van der Waals surface area contributed by atoms with Crippen LogP contribution < -0.4 is 10.2 Å². The zero-order chi connectivity index (χ0) is 17.2. The summed E-state index contributed by atoms with van der Waals surface area (Å²) in [6, 6.07) is 0.0473. The topological polar surface area (TPSA) is 97.8 Å². The van der Waals surface area contributed by atoms with Gasteiger partial charge < -0.3 is 10.2 Å². The molecule has 9 nitrogen and oxygen atoms in total. The van der Waals surface area contributed by atoms with Gasteiger partial charge in [0, 0.05) is 31.9 Å². The molecule has 3 aromatic heterocycles. The lowest BCUT2D eigenvalue weighted by atomic mass is 10.2. The van der Waals surface area contributed by atoms with Gasteiger partial charge in [-0.25, -0.2) is 14.6 Å². The Hall–Kier alpha value is -2.71. The van der Waals surface area contributed by atoms with Crippen molar-refractivity contribution in [2.45, 2.75) is 38.6 Å². The average Bonchev–Trinajstić information content (AvgIpc) is 3.15. The smallest absolute Gasteiger partial charge is 0.245 e. The molecule has 0 unspecified atom stereocenters. The fourth-order valence-electron chi connectivity index (χ4n) is 3.18. The fraction of sp³-hybridized carbons (Fsp3) is 0.562. The molecule has 3 aromatic rings. The van der Waals surface area contributed by atoms with E-state index in [1.165, 1.54) is 12.8 Å². The van der Waals surface area contributed by atoms with E-state index < -0.39 is 0 Å². The lowest BCUT2D eigenvalue weighted by Gasteiger charge is -2.24. The summed E-state index contributed by atoms with van der Waals surface area (Å²) < 4.78 is 6.59. The highest BCUT2D eigenvalue weighted by Gasteiger charge is 2.21. The summed E-state index contributed by atoms with van der Waals surface area (Å²) in [5.41, 5.74) is 1.95. The van der Waals surface area contributed by atoms with Gasteiger partial charge in [-0.3, -0.25) is 4.68 Å². The maximum atomic E-state index is 4.80.